The number of hydrogen-bond acceptors (Lipinski definition) is 8. The van der Waals surface area contributed by atoms with E-state index in [-0.39, 0.29) is 42.7 Å². The number of methoxy groups -OCH3 is 1. The Bertz CT molecular complexity index is 2380. The van der Waals surface area contributed by atoms with E-state index in [0.29, 0.717) is 12.0 Å². The van der Waals surface area contributed by atoms with Gasteiger partial charge in [-0.05, 0) is 52.1 Å². The third kappa shape index (κ3) is 8.46. The second-order valence-electron chi connectivity index (χ2n) is 17.3. The smallest absolute Gasteiger partial charge is 0.407 e. The highest BCUT2D eigenvalue weighted by molar-refractivity contribution is 6.78. The molecule has 5 N–H and O–H groups in total. The fourth-order valence-corrected chi connectivity index (χ4v) is 11.4. The quantitative estimate of drug-likeness (QED) is 0.100. The van der Waals surface area contributed by atoms with Crippen LogP contribution in [0.3, 0.4) is 0 Å². The Balaban J connectivity index is 1.10. The summed E-state index contributed by atoms with van der Waals surface area (Å²) < 4.78 is 19.5. The number of aliphatic hydroxyl groups is 1. The minimum Gasteiger partial charge on any atom is -0.453 e. The molecule has 0 bridgehead atoms. The first-order valence-electron chi connectivity index (χ1n) is 20.1. The topological polar surface area (TPSA) is 186 Å². The van der Waals surface area contributed by atoms with Gasteiger partial charge in [0.15, 0.2) is 0 Å². The minimum atomic E-state index is -1.81. The second kappa shape index (κ2) is 16.6. The van der Waals surface area contributed by atoms with Crippen molar-refractivity contribution in [1.82, 2.24) is 40.4 Å². The van der Waals surface area contributed by atoms with Crippen LogP contribution < -0.4 is 10.6 Å². The van der Waals surface area contributed by atoms with Gasteiger partial charge in [0.25, 0.3) is 0 Å². The van der Waals surface area contributed by atoms with Gasteiger partial charge in [0.1, 0.15) is 36.5 Å². The lowest BCUT2D eigenvalue weighted by atomic mass is 9.99. The van der Waals surface area contributed by atoms with Crippen LogP contribution in [0.1, 0.15) is 57.8 Å². The number of halogens is 1. The fraction of sp³-hybridized carbons (Fsp3) is 0.442. The van der Waals surface area contributed by atoms with Crippen LogP contribution >= 0.6 is 0 Å². The zero-order valence-corrected chi connectivity index (χ0v) is 35.5. The van der Waals surface area contributed by atoms with Crippen molar-refractivity contribution in [2.45, 2.75) is 83.6 Å². The van der Waals surface area contributed by atoms with Gasteiger partial charge in [0, 0.05) is 18.0 Å². The molecule has 0 radical (unpaired) electrons. The molecule has 3 unspecified atom stereocenters. The van der Waals surface area contributed by atoms with E-state index in [2.05, 4.69) is 62.9 Å². The summed E-state index contributed by atoms with van der Waals surface area (Å²) in [6, 6.07) is 16.7. The number of aromatic nitrogens is 4. The Morgan fingerprint density at radius 3 is 2.22 bits per heavy atom. The van der Waals surface area contributed by atoms with Crippen molar-refractivity contribution in [3.05, 3.63) is 72.4 Å². The number of aliphatic hydroxyl groups excluding tert-OH is 1. The summed E-state index contributed by atoms with van der Waals surface area (Å²) in [5, 5.41) is 16.7. The molecule has 0 saturated carbocycles. The summed E-state index contributed by atoms with van der Waals surface area (Å²) in [7, 11) is -0.576. The Morgan fingerprint density at radius 1 is 0.881 bits per heavy atom. The van der Waals surface area contributed by atoms with Crippen LogP contribution in [-0.2, 0) is 19.1 Å². The molecule has 0 spiro atoms. The number of H-pyrrole nitrogens is 2. The third-order valence-corrected chi connectivity index (χ3v) is 14.3. The summed E-state index contributed by atoms with van der Waals surface area (Å²) in [6.45, 7) is 11.1. The summed E-state index contributed by atoms with van der Waals surface area (Å²) in [5.41, 5.74) is 5.32. The Hall–Kier alpha value is -5.61. The lowest BCUT2D eigenvalue weighted by Gasteiger charge is -2.30. The van der Waals surface area contributed by atoms with E-state index in [1.165, 1.54) is 12.0 Å². The first kappa shape index (κ1) is 41.5. The van der Waals surface area contributed by atoms with Gasteiger partial charge in [0.05, 0.1) is 56.7 Å². The first-order valence-corrected chi connectivity index (χ1v) is 23.6. The normalized spacial score (nSPS) is 20.1. The van der Waals surface area contributed by atoms with Gasteiger partial charge in [-0.1, -0.05) is 83.3 Å². The van der Waals surface area contributed by atoms with E-state index in [1.54, 1.807) is 6.20 Å². The number of fused-ring (bicyclic) bond motifs is 3. The highest BCUT2D eigenvalue weighted by Crippen LogP contribution is 2.40. The van der Waals surface area contributed by atoms with Gasteiger partial charge in [0.2, 0.25) is 17.7 Å². The van der Waals surface area contributed by atoms with Crippen molar-refractivity contribution < 1.29 is 33.4 Å². The average molecular weight is 825 g/mol. The number of benzene rings is 3. The molecule has 2 fully saturated rings. The SMILES string of the molecule is COC(=O)N[C@H](C(=O)N1CC(F)CC1c1ncc(-c2ccc(-c3ccc4c(ccc5[nH]c([C@@H]6C[Si](C)(C)CN6C(=O)C(NC(=O)CO)C(C)C)nc54)c3)cc2)[nH]1)C(C)C. The molecule has 0 aliphatic carbocycles. The maximum atomic E-state index is 14.8. The number of alkyl halides is 1. The zero-order chi connectivity index (χ0) is 42.3. The molecule has 2 aliphatic rings. The van der Waals surface area contributed by atoms with Crippen LogP contribution in [0.25, 0.3) is 44.2 Å². The lowest BCUT2D eigenvalue weighted by molar-refractivity contribution is -0.139. The van der Waals surface area contributed by atoms with E-state index in [0.717, 1.165) is 56.1 Å². The van der Waals surface area contributed by atoms with Crippen LogP contribution in [0.2, 0.25) is 19.1 Å². The van der Waals surface area contributed by atoms with Crippen molar-refractivity contribution in [2.24, 2.45) is 11.8 Å². The monoisotopic (exact) mass is 824 g/mol. The predicted molar refractivity (Wildman–Crippen MR) is 225 cm³/mol. The van der Waals surface area contributed by atoms with Gasteiger partial charge < -0.3 is 40.2 Å². The number of rotatable bonds is 11. The van der Waals surface area contributed by atoms with E-state index < -0.39 is 51.0 Å². The Labute approximate surface area is 343 Å². The van der Waals surface area contributed by atoms with Gasteiger partial charge >= 0.3 is 6.09 Å². The molecule has 16 heteroatoms. The molecule has 312 valence electrons. The molecule has 4 amide bonds. The van der Waals surface area contributed by atoms with Gasteiger partial charge in [-0.15, -0.1) is 0 Å². The average Bonchev–Trinajstić information content (AvgIpc) is 4.02. The number of alkyl carbamates (subject to hydrolysis) is 1. The van der Waals surface area contributed by atoms with Crippen LogP contribution in [0, 0.1) is 11.8 Å². The lowest BCUT2D eigenvalue weighted by Crippen LogP contribution is -2.52. The first-order chi connectivity index (χ1) is 28.1. The molecule has 5 atom stereocenters. The fourth-order valence-electron chi connectivity index (χ4n) is 8.48. The van der Waals surface area contributed by atoms with Crippen molar-refractivity contribution >= 4 is 53.7 Å². The van der Waals surface area contributed by atoms with Gasteiger partial charge in [-0.3, -0.25) is 14.4 Å². The molecule has 14 nitrogen and oxygen atoms in total. The maximum absolute atomic E-state index is 14.8. The van der Waals surface area contributed by atoms with Gasteiger partial charge in [-0.2, -0.15) is 0 Å². The predicted octanol–water partition coefficient (Wildman–Crippen LogP) is 6.03. The molecule has 5 aromatic rings. The molecule has 2 aliphatic heterocycles. The minimum absolute atomic E-state index is 0.0910. The third-order valence-electron chi connectivity index (χ3n) is 11.6. The molecule has 4 heterocycles. The molecular formula is C43H53FN8O6Si. The number of likely N-dealkylation sites (tertiary alicyclic amines) is 1. The number of carbonyl (C=O) groups excluding carboxylic acids is 4. The number of amides is 4. The van der Waals surface area contributed by atoms with E-state index in [4.69, 9.17) is 9.72 Å². The van der Waals surface area contributed by atoms with Crippen LogP contribution in [-0.4, -0.2) is 111 Å². The Kier molecular flexibility index (Phi) is 11.7. The highest BCUT2D eigenvalue weighted by Gasteiger charge is 2.46. The summed E-state index contributed by atoms with van der Waals surface area (Å²) >= 11 is 0. The van der Waals surface area contributed by atoms with Gasteiger partial charge in [-0.25, -0.2) is 19.2 Å². The highest BCUT2D eigenvalue weighted by atomic mass is 28.3. The Morgan fingerprint density at radius 2 is 1.54 bits per heavy atom. The molecule has 3 aromatic carbocycles. The number of carbonyl (C=O) groups is 4. The molecule has 2 aromatic heterocycles. The molecule has 2 saturated heterocycles. The number of nitrogens with one attached hydrogen (secondary N) is 4. The summed E-state index contributed by atoms with van der Waals surface area (Å²) in [4.78, 5) is 71.4. The summed E-state index contributed by atoms with van der Waals surface area (Å²) in [5.74, 6) is -0.318. The van der Waals surface area contributed by atoms with Crippen molar-refractivity contribution in [1.29, 1.82) is 0 Å². The van der Waals surface area contributed by atoms with E-state index in [1.807, 2.05) is 62.9 Å². The number of hydrogen-bond donors (Lipinski definition) is 5. The molecular weight excluding hydrogens is 772 g/mol. The van der Waals surface area contributed by atoms with Crippen LogP contribution in [0.15, 0.2) is 60.8 Å². The number of imidazole rings is 2. The molecule has 59 heavy (non-hydrogen) atoms. The van der Waals surface area contributed by atoms with Crippen molar-refractivity contribution in [3.8, 4) is 22.4 Å². The van der Waals surface area contributed by atoms with Crippen LogP contribution in [0.4, 0.5) is 9.18 Å². The number of nitrogens with zero attached hydrogens (tertiary/aromatic N) is 4. The maximum Gasteiger partial charge on any atom is 0.407 e. The zero-order valence-electron chi connectivity index (χ0n) is 34.5. The van der Waals surface area contributed by atoms with E-state index in [9.17, 15) is 28.7 Å². The number of aromatic amines is 2. The number of ether oxygens (including phenoxy) is 1. The second-order valence-corrected chi connectivity index (χ2v) is 22.3. The van der Waals surface area contributed by atoms with Crippen LogP contribution in [0.5, 0.6) is 0 Å². The van der Waals surface area contributed by atoms with Crippen molar-refractivity contribution in [3.63, 3.8) is 0 Å². The molecule has 7 rings (SSSR count). The van der Waals surface area contributed by atoms with Crippen molar-refractivity contribution in [2.75, 3.05) is 26.4 Å². The largest absolute Gasteiger partial charge is 0.453 e. The summed E-state index contributed by atoms with van der Waals surface area (Å²) in [6.07, 6.45) is 0.479. The van der Waals surface area contributed by atoms with E-state index >= 15 is 0 Å². The standard InChI is InChI=1S/C43H53FN8O6Si/c1-23(2)36(48-35(54)20-53)42(56)52-22-59(6,7)21-34(52)40-46-31-15-13-28-16-27(12-14-30(28)38(31)49-40)25-8-10-26(11-9-25)32-18-45-39(47-32)33-17-29(44)19-51(33)41(55)37(24(3)4)50-43(57)58-5/h8-16,18,23-24,29,33-34,36-37,53H,17,19-22H2,1-7H3,(H,45,47)(H,46,49)(H,48,54)(H,50,57)/t29?,33?,34-,36?,37-/m0/s1.